The predicted octanol–water partition coefficient (Wildman–Crippen LogP) is 3.07. The van der Waals surface area contributed by atoms with Gasteiger partial charge in [0.15, 0.2) is 0 Å². The van der Waals surface area contributed by atoms with Crippen molar-refractivity contribution in [3.63, 3.8) is 0 Å². The molecule has 4 nitrogen and oxygen atoms in total. The molecule has 0 fully saturated rings. The fraction of sp³-hybridized carbons (Fsp3) is 0.400. The maximum atomic E-state index is 6.20. The summed E-state index contributed by atoms with van der Waals surface area (Å²) in [7, 11) is 1.85. The van der Waals surface area contributed by atoms with E-state index in [1.54, 1.807) is 4.68 Å². The molecule has 20 heavy (non-hydrogen) atoms. The number of nitrogens with one attached hydrogen (secondary N) is 1. The first-order chi connectivity index (χ1) is 9.61. The monoisotopic (exact) mass is 293 g/mol. The van der Waals surface area contributed by atoms with Gasteiger partial charge in [-0.25, -0.2) is 0 Å². The topological polar surface area (TPSA) is 39.1 Å². The van der Waals surface area contributed by atoms with E-state index in [1.165, 1.54) is 5.56 Å². The van der Waals surface area contributed by atoms with Gasteiger partial charge < -0.3 is 10.1 Å². The van der Waals surface area contributed by atoms with E-state index >= 15 is 0 Å². The highest BCUT2D eigenvalue weighted by Gasteiger charge is 2.10. The molecule has 2 rings (SSSR count). The molecule has 108 valence electrons. The minimum absolute atomic E-state index is 0.682. The molecular weight excluding hydrogens is 274 g/mol. The number of benzene rings is 1. The zero-order valence-corrected chi connectivity index (χ0v) is 12.9. The molecule has 0 aliphatic rings. The molecule has 1 heterocycles. The number of hydrogen-bond donors (Lipinski definition) is 1. The van der Waals surface area contributed by atoms with Crippen molar-refractivity contribution in [2.75, 3.05) is 6.61 Å². The van der Waals surface area contributed by atoms with Gasteiger partial charge in [0.2, 0.25) is 0 Å². The lowest BCUT2D eigenvalue weighted by Crippen LogP contribution is -2.13. The lowest BCUT2D eigenvalue weighted by atomic mass is 10.2. The van der Waals surface area contributed by atoms with Crippen LogP contribution in [0.1, 0.15) is 23.7 Å². The van der Waals surface area contributed by atoms with E-state index in [1.807, 2.05) is 39.1 Å². The van der Waals surface area contributed by atoms with E-state index in [4.69, 9.17) is 16.3 Å². The molecule has 0 saturated carbocycles. The Morgan fingerprint density at radius 1 is 1.35 bits per heavy atom. The molecule has 5 heteroatoms. The van der Waals surface area contributed by atoms with Crippen LogP contribution in [0.4, 0.5) is 0 Å². The van der Waals surface area contributed by atoms with E-state index < -0.39 is 0 Å². The van der Waals surface area contributed by atoms with Gasteiger partial charge in [0.25, 0.3) is 0 Å². The van der Waals surface area contributed by atoms with Gasteiger partial charge in [0.1, 0.15) is 10.9 Å². The minimum Gasteiger partial charge on any atom is -0.494 e. The lowest BCUT2D eigenvalue weighted by Gasteiger charge is -2.07. The van der Waals surface area contributed by atoms with Crippen LogP contribution < -0.4 is 10.1 Å². The molecular formula is C15H20ClN3O. The first kappa shape index (κ1) is 14.9. The first-order valence-electron chi connectivity index (χ1n) is 6.72. The molecule has 2 aromatic rings. The Kier molecular flexibility index (Phi) is 5.04. The summed E-state index contributed by atoms with van der Waals surface area (Å²) in [6, 6.07) is 8.10. The maximum absolute atomic E-state index is 6.20. The van der Waals surface area contributed by atoms with E-state index in [9.17, 15) is 0 Å². The Bertz CT molecular complexity index is 580. The summed E-state index contributed by atoms with van der Waals surface area (Å²) in [5.74, 6) is 0.905. The molecule has 0 spiro atoms. The Morgan fingerprint density at radius 2 is 2.15 bits per heavy atom. The molecule has 1 aromatic heterocycles. The van der Waals surface area contributed by atoms with E-state index in [-0.39, 0.29) is 0 Å². The number of aryl methyl sites for hydroxylation is 2. The fourth-order valence-corrected chi connectivity index (χ4v) is 2.36. The largest absolute Gasteiger partial charge is 0.494 e. The lowest BCUT2D eigenvalue weighted by molar-refractivity contribution is 0.340. The van der Waals surface area contributed by atoms with Gasteiger partial charge in [-0.15, -0.1) is 0 Å². The molecule has 0 aliphatic heterocycles. The Labute approximate surface area is 124 Å². The van der Waals surface area contributed by atoms with Crippen molar-refractivity contribution in [3.05, 3.63) is 46.2 Å². The van der Waals surface area contributed by atoms with Crippen molar-refractivity contribution in [1.82, 2.24) is 15.1 Å². The highest BCUT2D eigenvalue weighted by molar-refractivity contribution is 6.30. The van der Waals surface area contributed by atoms with Gasteiger partial charge in [-0.2, -0.15) is 5.10 Å². The quantitative estimate of drug-likeness (QED) is 0.890. The summed E-state index contributed by atoms with van der Waals surface area (Å²) in [6.45, 7) is 6.11. The van der Waals surface area contributed by atoms with E-state index in [2.05, 4.69) is 16.5 Å². The smallest absolute Gasteiger partial charge is 0.131 e. The second kappa shape index (κ2) is 6.77. The van der Waals surface area contributed by atoms with Crippen molar-refractivity contribution in [1.29, 1.82) is 0 Å². The second-order valence-corrected chi connectivity index (χ2v) is 5.02. The zero-order valence-electron chi connectivity index (χ0n) is 12.1. The molecule has 0 bridgehead atoms. The van der Waals surface area contributed by atoms with E-state index in [0.717, 1.165) is 23.6 Å². The molecule has 0 aliphatic carbocycles. The third-order valence-electron chi connectivity index (χ3n) is 3.11. The molecule has 0 unspecified atom stereocenters. The molecule has 0 atom stereocenters. The van der Waals surface area contributed by atoms with Crippen molar-refractivity contribution in [2.45, 2.75) is 26.9 Å². The number of nitrogens with zero attached hydrogens (tertiary/aromatic N) is 2. The van der Waals surface area contributed by atoms with Crippen LogP contribution in [0.15, 0.2) is 24.3 Å². The number of rotatable bonds is 6. The third-order valence-corrected chi connectivity index (χ3v) is 3.58. The SMILES string of the molecule is CCOc1cccc(CNCc2c(C)nn(C)c2Cl)c1. The average molecular weight is 294 g/mol. The normalized spacial score (nSPS) is 10.8. The fourth-order valence-electron chi connectivity index (χ4n) is 2.12. The standard InChI is InChI=1S/C15H20ClN3O/c1-4-20-13-7-5-6-12(8-13)9-17-10-14-11(2)18-19(3)15(14)16/h5-8,17H,4,9-10H2,1-3H3. The Morgan fingerprint density at radius 3 is 2.80 bits per heavy atom. The predicted molar refractivity (Wildman–Crippen MR) is 81.1 cm³/mol. The summed E-state index contributed by atoms with van der Waals surface area (Å²) in [6.07, 6.45) is 0. The van der Waals surface area contributed by atoms with Crippen molar-refractivity contribution < 1.29 is 4.74 Å². The Balaban J connectivity index is 1.94. The van der Waals surface area contributed by atoms with E-state index in [0.29, 0.717) is 18.3 Å². The summed E-state index contributed by atoms with van der Waals surface area (Å²) in [5, 5.41) is 8.38. The van der Waals surface area contributed by atoms with Crippen LogP contribution in [0.25, 0.3) is 0 Å². The van der Waals surface area contributed by atoms with Gasteiger partial charge in [-0.1, -0.05) is 23.7 Å². The average Bonchev–Trinajstić information content (AvgIpc) is 2.66. The van der Waals surface area contributed by atoms with Crippen LogP contribution in [-0.4, -0.2) is 16.4 Å². The molecule has 0 saturated heterocycles. The molecule has 1 N–H and O–H groups in total. The summed E-state index contributed by atoms with van der Waals surface area (Å²) in [4.78, 5) is 0. The van der Waals surface area contributed by atoms with Gasteiger partial charge in [-0.05, 0) is 31.5 Å². The Hall–Kier alpha value is -1.52. The maximum Gasteiger partial charge on any atom is 0.131 e. The highest BCUT2D eigenvalue weighted by atomic mass is 35.5. The van der Waals surface area contributed by atoms with Crippen LogP contribution in [-0.2, 0) is 20.1 Å². The van der Waals surface area contributed by atoms with Crippen LogP contribution in [0.3, 0.4) is 0 Å². The molecule has 0 radical (unpaired) electrons. The van der Waals surface area contributed by atoms with Crippen molar-refractivity contribution in [2.24, 2.45) is 7.05 Å². The highest BCUT2D eigenvalue weighted by Crippen LogP contribution is 2.18. The minimum atomic E-state index is 0.682. The van der Waals surface area contributed by atoms with Crippen LogP contribution >= 0.6 is 11.6 Å². The first-order valence-corrected chi connectivity index (χ1v) is 7.10. The van der Waals surface area contributed by atoms with Crippen LogP contribution in [0.2, 0.25) is 5.15 Å². The number of ether oxygens (including phenoxy) is 1. The third kappa shape index (κ3) is 3.52. The van der Waals surface area contributed by atoms with Crippen molar-refractivity contribution in [3.8, 4) is 5.75 Å². The number of halogens is 1. The summed E-state index contributed by atoms with van der Waals surface area (Å²) < 4.78 is 7.19. The van der Waals surface area contributed by atoms with Crippen LogP contribution in [0, 0.1) is 6.92 Å². The summed E-state index contributed by atoms with van der Waals surface area (Å²) in [5.41, 5.74) is 3.21. The molecule has 0 amide bonds. The molecule has 1 aromatic carbocycles. The van der Waals surface area contributed by atoms with Gasteiger partial charge in [0, 0.05) is 25.7 Å². The van der Waals surface area contributed by atoms with Gasteiger partial charge >= 0.3 is 0 Å². The van der Waals surface area contributed by atoms with Gasteiger partial charge in [0.05, 0.1) is 12.3 Å². The second-order valence-electron chi connectivity index (χ2n) is 4.66. The number of aromatic nitrogens is 2. The number of hydrogen-bond acceptors (Lipinski definition) is 3. The van der Waals surface area contributed by atoms with Crippen molar-refractivity contribution >= 4 is 11.6 Å². The van der Waals surface area contributed by atoms with Crippen LogP contribution in [0.5, 0.6) is 5.75 Å². The van der Waals surface area contributed by atoms with Gasteiger partial charge in [-0.3, -0.25) is 4.68 Å². The summed E-state index contributed by atoms with van der Waals surface area (Å²) >= 11 is 6.20. The zero-order chi connectivity index (χ0) is 14.5.